The minimum Gasteiger partial charge on any atom is -0.489 e. The Labute approximate surface area is 145 Å². The fourth-order valence-corrected chi connectivity index (χ4v) is 2.44. The number of rotatable bonds is 6. The monoisotopic (exact) mass is 352 g/mol. The van der Waals surface area contributed by atoms with Crippen LogP contribution in [0.15, 0.2) is 42.5 Å². The highest BCUT2D eigenvalue weighted by Gasteiger charge is 2.11. The highest BCUT2D eigenvalue weighted by atomic mass is 35.5. The molecular formula is C17H18Cl2N2O2. The van der Waals surface area contributed by atoms with Crippen LogP contribution >= 0.6 is 23.2 Å². The zero-order valence-electron chi connectivity index (χ0n) is 12.9. The van der Waals surface area contributed by atoms with Gasteiger partial charge in [-0.25, -0.2) is 0 Å². The minimum atomic E-state index is -0.251. The van der Waals surface area contributed by atoms with Crippen molar-refractivity contribution in [3.8, 4) is 5.75 Å². The number of nitrogens with one attached hydrogen (secondary N) is 2. The molecule has 0 heterocycles. The van der Waals surface area contributed by atoms with Crippen LogP contribution in [0, 0.1) is 0 Å². The molecule has 0 aliphatic carbocycles. The molecule has 2 aromatic rings. The summed E-state index contributed by atoms with van der Waals surface area (Å²) in [5, 5.41) is 6.55. The van der Waals surface area contributed by atoms with Crippen molar-refractivity contribution in [1.82, 2.24) is 0 Å². The van der Waals surface area contributed by atoms with Crippen LogP contribution in [0.2, 0.25) is 10.0 Å². The van der Waals surface area contributed by atoms with Crippen molar-refractivity contribution >= 4 is 40.5 Å². The molecule has 0 aromatic heterocycles. The van der Waals surface area contributed by atoms with Gasteiger partial charge in [-0.05, 0) is 38.1 Å². The van der Waals surface area contributed by atoms with Crippen LogP contribution in [0.4, 0.5) is 11.4 Å². The zero-order valence-corrected chi connectivity index (χ0v) is 14.4. The Bertz CT molecular complexity index is 670. The topological polar surface area (TPSA) is 50.4 Å². The average molecular weight is 353 g/mol. The standard InChI is InChI=1S/C17H18Cl2N2O2/c1-11(2)23-15-9-4-3-8-14(15)20-10-16(22)21-17-12(18)6-5-7-13(17)19/h3-9,11,20H,10H2,1-2H3,(H,21,22). The normalized spacial score (nSPS) is 10.5. The SMILES string of the molecule is CC(C)Oc1ccccc1NCC(=O)Nc1c(Cl)cccc1Cl. The summed E-state index contributed by atoms with van der Waals surface area (Å²) >= 11 is 12.1. The third kappa shape index (κ3) is 5.05. The van der Waals surface area contributed by atoms with E-state index in [1.807, 2.05) is 38.1 Å². The van der Waals surface area contributed by atoms with Gasteiger partial charge in [0.1, 0.15) is 5.75 Å². The largest absolute Gasteiger partial charge is 0.489 e. The van der Waals surface area contributed by atoms with Crippen molar-refractivity contribution < 1.29 is 9.53 Å². The molecule has 0 saturated heterocycles. The average Bonchev–Trinajstić information content (AvgIpc) is 2.50. The molecule has 122 valence electrons. The smallest absolute Gasteiger partial charge is 0.243 e. The lowest BCUT2D eigenvalue weighted by atomic mass is 10.2. The molecule has 0 unspecified atom stereocenters. The number of ether oxygens (including phenoxy) is 1. The fourth-order valence-electron chi connectivity index (χ4n) is 1.95. The van der Waals surface area contributed by atoms with Crippen LogP contribution < -0.4 is 15.4 Å². The van der Waals surface area contributed by atoms with Crippen LogP contribution in [-0.4, -0.2) is 18.6 Å². The second kappa shape index (κ2) is 8.09. The summed E-state index contributed by atoms with van der Waals surface area (Å²) in [5.74, 6) is 0.449. The van der Waals surface area contributed by atoms with Crippen molar-refractivity contribution in [3.63, 3.8) is 0 Å². The molecule has 1 amide bonds. The zero-order chi connectivity index (χ0) is 16.8. The van der Waals surface area contributed by atoms with Gasteiger partial charge in [0.05, 0.1) is 34.1 Å². The summed E-state index contributed by atoms with van der Waals surface area (Å²) in [6.45, 7) is 3.96. The lowest BCUT2D eigenvalue weighted by molar-refractivity contribution is -0.114. The summed E-state index contributed by atoms with van der Waals surface area (Å²) in [4.78, 5) is 12.1. The van der Waals surface area contributed by atoms with E-state index >= 15 is 0 Å². The van der Waals surface area contributed by atoms with Crippen LogP contribution in [0.25, 0.3) is 0 Å². The molecule has 0 aliphatic rings. The number of hydrogen-bond acceptors (Lipinski definition) is 3. The Morgan fingerprint density at radius 2 is 1.74 bits per heavy atom. The Morgan fingerprint density at radius 1 is 1.09 bits per heavy atom. The van der Waals surface area contributed by atoms with Gasteiger partial charge in [-0.1, -0.05) is 41.4 Å². The maximum Gasteiger partial charge on any atom is 0.243 e. The van der Waals surface area contributed by atoms with Gasteiger partial charge in [0.2, 0.25) is 5.91 Å². The molecule has 0 spiro atoms. The van der Waals surface area contributed by atoms with Gasteiger partial charge in [0, 0.05) is 0 Å². The molecule has 0 saturated carbocycles. The predicted molar refractivity (Wildman–Crippen MR) is 95.8 cm³/mol. The summed E-state index contributed by atoms with van der Waals surface area (Å²) in [7, 11) is 0. The molecule has 6 heteroatoms. The fraction of sp³-hybridized carbons (Fsp3) is 0.235. The van der Waals surface area contributed by atoms with Gasteiger partial charge in [-0.2, -0.15) is 0 Å². The van der Waals surface area contributed by atoms with E-state index in [0.717, 1.165) is 5.69 Å². The van der Waals surface area contributed by atoms with E-state index in [-0.39, 0.29) is 18.6 Å². The molecule has 0 radical (unpaired) electrons. The van der Waals surface area contributed by atoms with Crippen molar-refractivity contribution in [2.75, 3.05) is 17.2 Å². The molecule has 4 nitrogen and oxygen atoms in total. The van der Waals surface area contributed by atoms with E-state index in [1.165, 1.54) is 0 Å². The highest BCUT2D eigenvalue weighted by molar-refractivity contribution is 6.39. The predicted octanol–water partition coefficient (Wildman–Crippen LogP) is 4.83. The molecular weight excluding hydrogens is 335 g/mol. The summed E-state index contributed by atoms with van der Waals surface area (Å²) in [6, 6.07) is 12.5. The third-order valence-corrected chi connectivity index (χ3v) is 3.55. The quantitative estimate of drug-likeness (QED) is 0.782. The van der Waals surface area contributed by atoms with Gasteiger partial charge in [-0.3, -0.25) is 4.79 Å². The van der Waals surface area contributed by atoms with Gasteiger partial charge < -0.3 is 15.4 Å². The third-order valence-electron chi connectivity index (χ3n) is 2.92. The lowest BCUT2D eigenvalue weighted by Gasteiger charge is -2.15. The van der Waals surface area contributed by atoms with Crippen molar-refractivity contribution in [2.45, 2.75) is 20.0 Å². The second-order valence-electron chi connectivity index (χ2n) is 5.16. The number of amides is 1. The highest BCUT2D eigenvalue weighted by Crippen LogP contribution is 2.30. The van der Waals surface area contributed by atoms with E-state index < -0.39 is 0 Å². The van der Waals surface area contributed by atoms with E-state index in [4.69, 9.17) is 27.9 Å². The Balaban J connectivity index is 2.00. The molecule has 2 rings (SSSR count). The number of benzene rings is 2. The molecule has 2 N–H and O–H groups in total. The molecule has 0 aliphatic heterocycles. The van der Waals surface area contributed by atoms with E-state index in [9.17, 15) is 4.79 Å². The Kier molecular flexibility index (Phi) is 6.13. The number of anilines is 2. The van der Waals surface area contributed by atoms with Gasteiger partial charge in [0.15, 0.2) is 0 Å². The first-order valence-electron chi connectivity index (χ1n) is 7.21. The molecule has 23 heavy (non-hydrogen) atoms. The first-order chi connectivity index (χ1) is 11.0. The number of halogens is 2. The van der Waals surface area contributed by atoms with Gasteiger partial charge >= 0.3 is 0 Å². The first kappa shape index (κ1) is 17.4. The van der Waals surface area contributed by atoms with E-state index in [1.54, 1.807) is 18.2 Å². The molecule has 0 bridgehead atoms. The maximum atomic E-state index is 12.1. The van der Waals surface area contributed by atoms with Crippen molar-refractivity contribution in [3.05, 3.63) is 52.5 Å². The summed E-state index contributed by atoms with van der Waals surface area (Å²) in [6.07, 6.45) is 0.0497. The van der Waals surface area contributed by atoms with Crippen LogP contribution in [0.3, 0.4) is 0 Å². The van der Waals surface area contributed by atoms with Crippen molar-refractivity contribution in [1.29, 1.82) is 0 Å². The number of hydrogen-bond donors (Lipinski definition) is 2. The molecule has 2 aromatic carbocycles. The molecule has 0 fully saturated rings. The van der Waals surface area contributed by atoms with Crippen LogP contribution in [0.5, 0.6) is 5.75 Å². The van der Waals surface area contributed by atoms with Gasteiger partial charge in [0.25, 0.3) is 0 Å². The summed E-state index contributed by atoms with van der Waals surface area (Å²) < 4.78 is 5.70. The maximum absolute atomic E-state index is 12.1. The van der Waals surface area contributed by atoms with Crippen LogP contribution in [0.1, 0.15) is 13.8 Å². The minimum absolute atomic E-state index is 0.0497. The number of para-hydroxylation sites is 3. The lowest BCUT2D eigenvalue weighted by Crippen LogP contribution is -2.22. The second-order valence-corrected chi connectivity index (χ2v) is 5.98. The Hall–Kier alpha value is -1.91. The number of carbonyl (C=O) groups is 1. The van der Waals surface area contributed by atoms with E-state index in [2.05, 4.69) is 10.6 Å². The Morgan fingerprint density at radius 3 is 2.39 bits per heavy atom. The number of carbonyl (C=O) groups excluding carboxylic acids is 1. The molecule has 0 atom stereocenters. The van der Waals surface area contributed by atoms with E-state index in [0.29, 0.717) is 21.5 Å². The van der Waals surface area contributed by atoms with Crippen molar-refractivity contribution in [2.24, 2.45) is 0 Å². The summed E-state index contributed by atoms with van der Waals surface area (Å²) in [5.41, 5.74) is 1.16. The van der Waals surface area contributed by atoms with Gasteiger partial charge in [-0.15, -0.1) is 0 Å². The first-order valence-corrected chi connectivity index (χ1v) is 7.96. The van der Waals surface area contributed by atoms with Crippen LogP contribution in [-0.2, 0) is 4.79 Å².